The lowest BCUT2D eigenvalue weighted by atomic mass is 10.2. The molecule has 174 valence electrons. The van der Waals surface area contributed by atoms with Crippen molar-refractivity contribution in [2.75, 3.05) is 59.2 Å². The van der Waals surface area contributed by atoms with E-state index in [1.165, 1.54) is 4.90 Å². The Labute approximate surface area is 207 Å². The second-order valence-corrected chi connectivity index (χ2v) is 8.87. The summed E-state index contributed by atoms with van der Waals surface area (Å²) in [6.45, 7) is 6.83. The first kappa shape index (κ1) is 26.1. The van der Waals surface area contributed by atoms with Crippen LogP contribution in [-0.4, -0.2) is 87.0 Å². The summed E-state index contributed by atoms with van der Waals surface area (Å²) in [6.07, 6.45) is 1.61. The maximum absolute atomic E-state index is 12.5. The quantitative estimate of drug-likeness (QED) is 0.239. The summed E-state index contributed by atoms with van der Waals surface area (Å²) in [7, 11) is 3.53. The number of nitrogens with one attached hydrogen (secondary N) is 1. The SMILES string of the molecule is CN=C(NCC(C)CSc1ccccc1OC)N1CCN(C(=O)C2CCCO2)CC1.I. The average Bonchev–Trinajstić information content (AvgIpc) is 3.33. The molecule has 9 heteroatoms. The molecule has 2 atom stereocenters. The van der Waals surface area contributed by atoms with E-state index in [4.69, 9.17) is 9.47 Å². The lowest BCUT2D eigenvalue weighted by molar-refractivity contribution is -0.142. The topological polar surface area (TPSA) is 66.4 Å². The summed E-state index contributed by atoms with van der Waals surface area (Å²) in [4.78, 5) is 22.3. The first-order valence-electron chi connectivity index (χ1n) is 10.7. The van der Waals surface area contributed by atoms with Gasteiger partial charge in [-0.3, -0.25) is 9.79 Å². The Morgan fingerprint density at radius 1 is 1.29 bits per heavy atom. The Balaban J connectivity index is 0.00000341. The first-order valence-corrected chi connectivity index (χ1v) is 11.7. The maximum atomic E-state index is 12.5. The molecule has 2 saturated heterocycles. The average molecular weight is 563 g/mol. The number of hydrogen-bond acceptors (Lipinski definition) is 5. The molecule has 2 fully saturated rings. The van der Waals surface area contributed by atoms with Crippen LogP contribution in [0, 0.1) is 5.92 Å². The van der Waals surface area contributed by atoms with Gasteiger partial charge in [-0.05, 0) is 30.9 Å². The van der Waals surface area contributed by atoms with Crippen molar-refractivity contribution in [1.82, 2.24) is 15.1 Å². The largest absolute Gasteiger partial charge is 0.496 e. The van der Waals surface area contributed by atoms with Crippen molar-refractivity contribution in [2.24, 2.45) is 10.9 Å². The van der Waals surface area contributed by atoms with Gasteiger partial charge in [-0.2, -0.15) is 0 Å². The van der Waals surface area contributed by atoms with Gasteiger partial charge in [-0.15, -0.1) is 35.7 Å². The molecule has 1 N–H and O–H groups in total. The lowest BCUT2D eigenvalue weighted by Gasteiger charge is -2.37. The molecule has 2 heterocycles. The van der Waals surface area contributed by atoms with Gasteiger partial charge in [0.25, 0.3) is 5.91 Å². The second-order valence-electron chi connectivity index (χ2n) is 7.81. The van der Waals surface area contributed by atoms with Crippen LogP contribution in [0.25, 0.3) is 0 Å². The van der Waals surface area contributed by atoms with Gasteiger partial charge in [-0.25, -0.2) is 0 Å². The summed E-state index contributed by atoms with van der Waals surface area (Å²) in [5.41, 5.74) is 0. The first-order chi connectivity index (χ1) is 14.6. The molecule has 0 aliphatic carbocycles. The molecule has 2 aliphatic rings. The van der Waals surface area contributed by atoms with Crippen LogP contribution in [0.2, 0.25) is 0 Å². The van der Waals surface area contributed by atoms with Gasteiger partial charge >= 0.3 is 0 Å². The molecule has 0 radical (unpaired) electrons. The summed E-state index contributed by atoms with van der Waals surface area (Å²) < 4.78 is 11.0. The molecule has 31 heavy (non-hydrogen) atoms. The van der Waals surface area contributed by atoms with Crippen molar-refractivity contribution in [1.29, 1.82) is 0 Å². The summed E-state index contributed by atoms with van der Waals surface area (Å²) in [6, 6.07) is 8.13. The third kappa shape index (κ3) is 7.42. The fraction of sp³-hybridized carbons (Fsp3) is 0.636. The highest BCUT2D eigenvalue weighted by Gasteiger charge is 2.30. The van der Waals surface area contributed by atoms with E-state index in [1.807, 2.05) is 41.9 Å². The maximum Gasteiger partial charge on any atom is 0.251 e. The van der Waals surface area contributed by atoms with Gasteiger partial charge in [0.05, 0.1) is 7.11 Å². The van der Waals surface area contributed by atoms with Crippen LogP contribution in [0.15, 0.2) is 34.2 Å². The number of nitrogens with zero attached hydrogens (tertiary/aromatic N) is 3. The monoisotopic (exact) mass is 562 g/mol. The lowest BCUT2D eigenvalue weighted by Crippen LogP contribution is -2.55. The fourth-order valence-corrected chi connectivity index (χ4v) is 4.79. The van der Waals surface area contributed by atoms with Crippen LogP contribution in [0.3, 0.4) is 0 Å². The third-order valence-electron chi connectivity index (χ3n) is 5.51. The summed E-state index contributed by atoms with van der Waals surface area (Å²) >= 11 is 1.82. The number of aliphatic imine (C=N–C) groups is 1. The number of para-hydroxylation sites is 1. The van der Waals surface area contributed by atoms with Gasteiger partial charge in [0.2, 0.25) is 0 Å². The van der Waals surface area contributed by atoms with Crippen molar-refractivity contribution >= 4 is 47.6 Å². The van der Waals surface area contributed by atoms with E-state index in [1.54, 1.807) is 7.11 Å². The number of halogens is 1. The molecule has 0 aromatic heterocycles. The number of methoxy groups -OCH3 is 1. The summed E-state index contributed by atoms with van der Waals surface area (Å²) in [5.74, 6) is 3.45. The Kier molecular flexibility index (Phi) is 11.2. The summed E-state index contributed by atoms with van der Waals surface area (Å²) in [5, 5.41) is 3.51. The van der Waals surface area contributed by atoms with Gasteiger partial charge in [-0.1, -0.05) is 19.1 Å². The number of hydrogen-bond donors (Lipinski definition) is 1. The highest BCUT2D eigenvalue weighted by atomic mass is 127. The molecule has 1 aromatic carbocycles. The molecule has 2 aliphatic heterocycles. The second kappa shape index (κ2) is 13.4. The van der Waals surface area contributed by atoms with E-state index in [0.717, 1.165) is 63.0 Å². The van der Waals surface area contributed by atoms with Crippen molar-refractivity contribution < 1.29 is 14.3 Å². The molecule has 1 aromatic rings. The highest BCUT2D eigenvalue weighted by Crippen LogP contribution is 2.29. The van der Waals surface area contributed by atoms with Gasteiger partial charge in [0, 0.05) is 57.0 Å². The number of carbonyl (C=O) groups excluding carboxylic acids is 1. The van der Waals surface area contributed by atoms with Crippen molar-refractivity contribution in [3.63, 3.8) is 0 Å². The molecule has 7 nitrogen and oxygen atoms in total. The number of amides is 1. The van der Waals surface area contributed by atoms with E-state index in [2.05, 4.69) is 28.2 Å². The zero-order chi connectivity index (χ0) is 21.3. The molecule has 2 unspecified atom stereocenters. The van der Waals surface area contributed by atoms with E-state index in [0.29, 0.717) is 12.5 Å². The van der Waals surface area contributed by atoms with E-state index in [-0.39, 0.29) is 36.0 Å². The van der Waals surface area contributed by atoms with Crippen LogP contribution in [0.5, 0.6) is 5.75 Å². The standard InChI is InChI=1S/C22H34N4O3S.HI/c1-17(16-30-20-9-5-4-7-18(20)28-3)15-24-22(23-2)26-12-10-25(11-13-26)21(27)19-8-6-14-29-19;/h4-5,7,9,17,19H,6,8,10-16H2,1-3H3,(H,23,24);1H. The third-order valence-corrected chi connectivity index (χ3v) is 6.89. The highest BCUT2D eigenvalue weighted by molar-refractivity contribution is 14.0. The van der Waals surface area contributed by atoms with E-state index >= 15 is 0 Å². The molecule has 1 amide bonds. The van der Waals surface area contributed by atoms with Crippen molar-refractivity contribution in [3.8, 4) is 5.75 Å². The van der Waals surface area contributed by atoms with Crippen LogP contribution >= 0.6 is 35.7 Å². The van der Waals surface area contributed by atoms with Crippen LogP contribution in [0.4, 0.5) is 0 Å². The Bertz CT molecular complexity index is 722. The molecule has 0 bridgehead atoms. The molecule has 0 spiro atoms. The minimum Gasteiger partial charge on any atom is -0.496 e. The van der Waals surface area contributed by atoms with Gasteiger partial charge in [0.15, 0.2) is 5.96 Å². The predicted octanol–water partition coefficient (Wildman–Crippen LogP) is 2.94. The number of guanidine groups is 1. The number of rotatable bonds is 7. The molecular formula is C22H35IN4O3S. The zero-order valence-corrected chi connectivity index (χ0v) is 21.9. The number of ether oxygens (including phenoxy) is 2. The number of piperazine rings is 1. The number of thioether (sulfide) groups is 1. The molecule has 3 rings (SSSR count). The Hall–Kier alpha value is -1.20. The predicted molar refractivity (Wildman–Crippen MR) is 137 cm³/mol. The minimum atomic E-state index is -0.226. The Morgan fingerprint density at radius 2 is 2.00 bits per heavy atom. The zero-order valence-electron chi connectivity index (χ0n) is 18.7. The fourth-order valence-electron chi connectivity index (χ4n) is 3.74. The van der Waals surface area contributed by atoms with E-state index in [9.17, 15) is 4.79 Å². The van der Waals surface area contributed by atoms with Crippen LogP contribution in [-0.2, 0) is 9.53 Å². The Morgan fingerprint density at radius 3 is 2.65 bits per heavy atom. The molecule has 0 saturated carbocycles. The number of carbonyl (C=O) groups is 1. The van der Waals surface area contributed by atoms with Crippen LogP contribution in [0.1, 0.15) is 19.8 Å². The van der Waals surface area contributed by atoms with Crippen LogP contribution < -0.4 is 10.1 Å². The number of benzene rings is 1. The van der Waals surface area contributed by atoms with Crippen molar-refractivity contribution in [2.45, 2.75) is 30.8 Å². The molecular weight excluding hydrogens is 527 g/mol. The van der Waals surface area contributed by atoms with E-state index < -0.39 is 0 Å². The minimum absolute atomic E-state index is 0. The smallest absolute Gasteiger partial charge is 0.251 e. The normalized spacial score (nSPS) is 20.2. The van der Waals surface area contributed by atoms with Gasteiger partial charge in [0.1, 0.15) is 11.9 Å². The van der Waals surface area contributed by atoms with Gasteiger partial charge < -0.3 is 24.6 Å². The van der Waals surface area contributed by atoms with Crippen molar-refractivity contribution in [3.05, 3.63) is 24.3 Å².